The lowest BCUT2D eigenvalue weighted by atomic mass is 9.99. The predicted molar refractivity (Wildman–Crippen MR) is 108 cm³/mol. The van der Waals surface area contributed by atoms with E-state index in [1.54, 1.807) is 0 Å². The molecule has 0 saturated carbocycles. The molecule has 2 aromatic carbocycles. The summed E-state index contributed by atoms with van der Waals surface area (Å²) in [7, 11) is 0. The minimum atomic E-state index is -0.104. The maximum atomic E-state index is 12.8. The molecule has 1 aliphatic heterocycles. The summed E-state index contributed by atoms with van der Waals surface area (Å²) in [5.41, 5.74) is 3.22. The van der Waals surface area contributed by atoms with Gasteiger partial charge >= 0.3 is 0 Å². The summed E-state index contributed by atoms with van der Waals surface area (Å²) in [5, 5.41) is 7.59. The highest BCUT2D eigenvalue weighted by molar-refractivity contribution is 5.83. The molecule has 1 aromatic heterocycles. The van der Waals surface area contributed by atoms with E-state index in [9.17, 15) is 4.79 Å². The normalized spacial score (nSPS) is 15.6. The molecular weight excluding hydrogens is 336 g/mol. The van der Waals surface area contributed by atoms with Crippen LogP contribution in [0.1, 0.15) is 18.4 Å². The van der Waals surface area contributed by atoms with Crippen molar-refractivity contribution in [3.05, 3.63) is 72.3 Å². The monoisotopic (exact) mass is 360 g/mol. The zero-order valence-electron chi connectivity index (χ0n) is 15.5. The van der Waals surface area contributed by atoms with Crippen LogP contribution in [0.4, 0.5) is 5.82 Å². The largest absolute Gasteiger partial charge is 0.352 e. The van der Waals surface area contributed by atoms with Crippen LogP contribution in [0.15, 0.2) is 66.7 Å². The van der Waals surface area contributed by atoms with Gasteiger partial charge in [-0.1, -0.05) is 60.7 Å². The molecule has 27 heavy (non-hydrogen) atoms. The summed E-state index contributed by atoms with van der Waals surface area (Å²) in [6, 6.07) is 22.3. The van der Waals surface area contributed by atoms with E-state index in [-0.39, 0.29) is 11.8 Å². The Morgan fingerprint density at radius 1 is 0.963 bits per heavy atom. The number of carbonyl (C=O) groups excluding carboxylic acids is 1. The molecule has 5 nitrogen and oxygen atoms in total. The maximum absolute atomic E-state index is 12.8. The molecule has 0 bridgehead atoms. The fraction of sp³-hybridized carbons (Fsp3) is 0.273. The number of piperazine rings is 1. The molecule has 1 fully saturated rings. The van der Waals surface area contributed by atoms with Gasteiger partial charge < -0.3 is 9.80 Å². The van der Waals surface area contributed by atoms with Gasteiger partial charge in [0.2, 0.25) is 5.91 Å². The first-order valence-electron chi connectivity index (χ1n) is 9.42. The van der Waals surface area contributed by atoms with Crippen molar-refractivity contribution < 1.29 is 4.79 Å². The Bertz CT molecular complexity index is 883. The van der Waals surface area contributed by atoms with E-state index in [0.717, 1.165) is 48.8 Å². The molecule has 2 heterocycles. The zero-order chi connectivity index (χ0) is 18.6. The van der Waals surface area contributed by atoms with Crippen LogP contribution < -0.4 is 4.90 Å². The first-order chi connectivity index (χ1) is 13.2. The van der Waals surface area contributed by atoms with Crippen molar-refractivity contribution in [3.63, 3.8) is 0 Å². The molecule has 1 amide bonds. The number of nitrogens with zero attached hydrogens (tertiary/aromatic N) is 3. The van der Waals surface area contributed by atoms with E-state index < -0.39 is 0 Å². The number of aromatic amines is 1. The molecule has 1 atom stereocenters. The third-order valence-corrected chi connectivity index (χ3v) is 5.23. The Labute approximate surface area is 159 Å². The van der Waals surface area contributed by atoms with Gasteiger partial charge in [0.1, 0.15) is 0 Å². The van der Waals surface area contributed by atoms with E-state index in [1.165, 1.54) is 0 Å². The molecule has 4 rings (SSSR count). The van der Waals surface area contributed by atoms with E-state index in [0.29, 0.717) is 0 Å². The van der Waals surface area contributed by atoms with Gasteiger partial charge in [0.05, 0.1) is 11.6 Å². The lowest BCUT2D eigenvalue weighted by Gasteiger charge is -2.36. The molecular formula is C22H24N4O. The number of aromatic nitrogens is 2. The summed E-state index contributed by atoms with van der Waals surface area (Å²) in [6.45, 7) is 5.04. The van der Waals surface area contributed by atoms with Gasteiger partial charge in [-0.3, -0.25) is 9.89 Å². The fourth-order valence-electron chi connectivity index (χ4n) is 3.55. The topological polar surface area (TPSA) is 52.2 Å². The molecule has 0 aliphatic carbocycles. The van der Waals surface area contributed by atoms with Crippen molar-refractivity contribution in [2.45, 2.75) is 12.8 Å². The molecule has 0 radical (unpaired) electrons. The second-order valence-electron chi connectivity index (χ2n) is 6.95. The molecule has 3 aromatic rings. The number of rotatable bonds is 4. The Morgan fingerprint density at radius 2 is 1.59 bits per heavy atom. The number of anilines is 1. The molecule has 1 saturated heterocycles. The number of nitrogens with one attached hydrogen (secondary N) is 1. The predicted octanol–water partition coefficient (Wildman–Crippen LogP) is 3.53. The van der Waals surface area contributed by atoms with Gasteiger partial charge in [-0.2, -0.15) is 5.10 Å². The van der Waals surface area contributed by atoms with Crippen LogP contribution in [0.3, 0.4) is 0 Å². The Balaban J connectivity index is 1.38. The third kappa shape index (κ3) is 3.72. The van der Waals surface area contributed by atoms with Crippen molar-refractivity contribution in [2.24, 2.45) is 0 Å². The SMILES string of the molecule is CC(C(=O)N1CCN(c2cc(-c3ccccc3)[nH]n2)CC1)c1ccccc1. The van der Waals surface area contributed by atoms with Gasteiger partial charge in [0.25, 0.3) is 0 Å². The summed E-state index contributed by atoms with van der Waals surface area (Å²) in [4.78, 5) is 17.0. The highest BCUT2D eigenvalue weighted by atomic mass is 16.2. The number of H-pyrrole nitrogens is 1. The maximum Gasteiger partial charge on any atom is 0.229 e. The summed E-state index contributed by atoms with van der Waals surface area (Å²) >= 11 is 0. The average Bonchev–Trinajstić information content (AvgIpc) is 3.24. The smallest absolute Gasteiger partial charge is 0.229 e. The van der Waals surface area contributed by atoms with Crippen molar-refractivity contribution >= 4 is 11.7 Å². The van der Waals surface area contributed by atoms with Gasteiger partial charge in [-0.25, -0.2) is 0 Å². The summed E-state index contributed by atoms with van der Waals surface area (Å²) in [5.74, 6) is 1.04. The number of benzene rings is 2. The minimum Gasteiger partial charge on any atom is -0.352 e. The summed E-state index contributed by atoms with van der Waals surface area (Å²) in [6.07, 6.45) is 0. The van der Waals surface area contributed by atoms with Gasteiger partial charge in [0, 0.05) is 32.2 Å². The minimum absolute atomic E-state index is 0.104. The molecule has 5 heteroatoms. The molecule has 1 N–H and O–H groups in total. The number of carbonyl (C=O) groups is 1. The lowest BCUT2D eigenvalue weighted by molar-refractivity contribution is -0.132. The van der Waals surface area contributed by atoms with E-state index in [2.05, 4.69) is 33.3 Å². The van der Waals surface area contributed by atoms with E-state index >= 15 is 0 Å². The second kappa shape index (κ2) is 7.66. The van der Waals surface area contributed by atoms with Gasteiger partial charge in [-0.05, 0) is 18.1 Å². The average molecular weight is 360 g/mol. The Morgan fingerprint density at radius 3 is 2.26 bits per heavy atom. The van der Waals surface area contributed by atoms with Gasteiger partial charge in [0.15, 0.2) is 5.82 Å². The molecule has 0 spiro atoms. The van der Waals surface area contributed by atoms with Crippen molar-refractivity contribution in [1.82, 2.24) is 15.1 Å². The first kappa shape index (κ1) is 17.3. The number of hydrogen-bond donors (Lipinski definition) is 1. The zero-order valence-corrected chi connectivity index (χ0v) is 15.5. The third-order valence-electron chi connectivity index (χ3n) is 5.23. The van der Waals surface area contributed by atoms with Crippen LogP contribution in [-0.2, 0) is 4.79 Å². The highest BCUT2D eigenvalue weighted by Gasteiger charge is 2.26. The quantitative estimate of drug-likeness (QED) is 0.774. The van der Waals surface area contributed by atoms with Crippen molar-refractivity contribution in [1.29, 1.82) is 0 Å². The Hall–Kier alpha value is -3.08. The van der Waals surface area contributed by atoms with Crippen LogP contribution >= 0.6 is 0 Å². The molecule has 138 valence electrons. The molecule has 1 aliphatic rings. The van der Waals surface area contributed by atoms with Crippen LogP contribution in [0.2, 0.25) is 0 Å². The summed E-state index contributed by atoms with van der Waals surface area (Å²) < 4.78 is 0. The van der Waals surface area contributed by atoms with E-state index in [4.69, 9.17) is 0 Å². The van der Waals surface area contributed by atoms with Crippen LogP contribution in [0.5, 0.6) is 0 Å². The standard InChI is InChI=1S/C22H24N4O/c1-17(18-8-4-2-5-9-18)22(27)26-14-12-25(13-15-26)21-16-20(23-24-21)19-10-6-3-7-11-19/h2-11,16-17H,12-15H2,1H3,(H,23,24). The van der Waals surface area contributed by atoms with Crippen LogP contribution in [0, 0.1) is 0 Å². The van der Waals surface area contributed by atoms with E-state index in [1.807, 2.05) is 60.4 Å². The van der Waals surface area contributed by atoms with Gasteiger partial charge in [-0.15, -0.1) is 0 Å². The molecule has 1 unspecified atom stereocenters. The fourth-order valence-corrected chi connectivity index (χ4v) is 3.55. The highest BCUT2D eigenvalue weighted by Crippen LogP contribution is 2.23. The van der Waals surface area contributed by atoms with Crippen molar-refractivity contribution in [2.75, 3.05) is 31.1 Å². The number of amides is 1. The Kier molecular flexibility index (Phi) is 4.92. The van der Waals surface area contributed by atoms with Crippen LogP contribution in [0.25, 0.3) is 11.3 Å². The second-order valence-corrected chi connectivity index (χ2v) is 6.95. The first-order valence-corrected chi connectivity index (χ1v) is 9.42. The van der Waals surface area contributed by atoms with Crippen molar-refractivity contribution in [3.8, 4) is 11.3 Å². The lowest BCUT2D eigenvalue weighted by Crippen LogP contribution is -2.50. The van der Waals surface area contributed by atoms with Crippen LogP contribution in [-0.4, -0.2) is 47.2 Å². The number of hydrogen-bond acceptors (Lipinski definition) is 3.